The van der Waals surface area contributed by atoms with Crippen LogP contribution in [0.5, 0.6) is 0 Å². The van der Waals surface area contributed by atoms with Gasteiger partial charge in [-0.25, -0.2) is 4.98 Å². The largest absolute Gasteiger partial charge is 0.327 e. The van der Waals surface area contributed by atoms with Gasteiger partial charge in [0.15, 0.2) is 0 Å². The van der Waals surface area contributed by atoms with Gasteiger partial charge in [-0.05, 0) is 61.6 Å². The number of nitrogens with zero attached hydrogens (tertiary/aromatic N) is 2. The fourth-order valence-corrected chi connectivity index (χ4v) is 5.36. The molecule has 0 amide bonds. The molecule has 2 unspecified atom stereocenters. The second-order valence-electron chi connectivity index (χ2n) is 9.99. The van der Waals surface area contributed by atoms with Crippen molar-refractivity contribution in [2.24, 2.45) is 24.8 Å². The molecule has 0 saturated heterocycles. The van der Waals surface area contributed by atoms with Crippen LogP contribution in [0.2, 0.25) is 0 Å². The first-order chi connectivity index (χ1) is 17.6. The Bertz CT molecular complexity index is 996. The van der Waals surface area contributed by atoms with E-state index in [1.54, 1.807) is 0 Å². The van der Waals surface area contributed by atoms with Crippen LogP contribution < -0.4 is 0 Å². The van der Waals surface area contributed by atoms with E-state index in [1.165, 1.54) is 48.8 Å². The van der Waals surface area contributed by atoms with Gasteiger partial charge in [0.25, 0.3) is 0 Å². The number of ketones is 1. The summed E-state index contributed by atoms with van der Waals surface area (Å²) in [7, 11) is 2.14. The molecule has 1 aromatic carbocycles. The first kappa shape index (κ1) is 30.1. The number of hydrogen-bond acceptors (Lipinski definition) is 2. The third kappa shape index (κ3) is 7.92. The van der Waals surface area contributed by atoms with Gasteiger partial charge in [0.1, 0.15) is 11.6 Å². The topological polar surface area (TPSA) is 34.9 Å². The summed E-state index contributed by atoms with van der Waals surface area (Å²) >= 11 is 0. The maximum Gasteiger partial charge on any atom is 0.137 e. The van der Waals surface area contributed by atoms with E-state index in [0.717, 1.165) is 49.9 Å². The Morgan fingerprint density at radius 1 is 1.00 bits per heavy atom. The van der Waals surface area contributed by atoms with Crippen molar-refractivity contribution in [2.45, 2.75) is 112 Å². The average Bonchev–Trinajstić information content (AvgIpc) is 3.64. The van der Waals surface area contributed by atoms with Crippen LogP contribution in [0.4, 0.5) is 0 Å². The number of allylic oxidation sites excluding steroid dienone is 4. The highest BCUT2D eigenvalue weighted by molar-refractivity contribution is 5.82. The van der Waals surface area contributed by atoms with Crippen LogP contribution in [-0.2, 0) is 11.8 Å². The van der Waals surface area contributed by atoms with Crippen LogP contribution in [0.3, 0.4) is 0 Å². The van der Waals surface area contributed by atoms with Gasteiger partial charge < -0.3 is 4.57 Å². The van der Waals surface area contributed by atoms with E-state index in [9.17, 15) is 4.79 Å². The molecule has 0 aliphatic heterocycles. The molecule has 2 aliphatic rings. The minimum absolute atomic E-state index is 0.238. The summed E-state index contributed by atoms with van der Waals surface area (Å²) in [6.45, 7) is 12.5. The molecule has 1 aromatic heterocycles. The normalized spacial score (nSPS) is 18.6. The van der Waals surface area contributed by atoms with E-state index in [1.807, 2.05) is 27.7 Å². The maximum absolute atomic E-state index is 12.9. The first-order valence-electron chi connectivity index (χ1n) is 15.0. The Balaban J connectivity index is 0.00000109. The van der Waals surface area contributed by atoms with E-state index in [-0.39, 0.29) is 5.92 Å². The molecule has 3 atom stereocenters. The van der Waals surface area contributed by atoms with Gasteiger partial charge in [0, 0.05) is 19.4 Å². The summed E-state index contributed by atoms with van der Waals surface area (Å²) in [6, 6.07) is 8.41. The summed E-state index contributed by atoms with van der Waals surface area (Å²) in [5.74, 6) is 3.17. The summed E-state index contributed by atoms with van der Waals surface area (Å²) in [5, 5.41) is 0. The quantitative estimate of drug-likeness (QED) is 0.261. The van der Waals surface area contributed by atoms with Crippen molar-refractivity contribution in [1.82, 2.24) is 9.55 Å². The van der Waals surface area contributed by atoms with E-state index in [2.05, 4.69) is 61.9 Å². The maximum atomic E-state index is 12.9. The van der Waals surface area contributed by atoms with Crippen LogP contribution in [0.1, 0.15) is 118 Å². The number of carbonyl (C=O) groups excluding carboxylic acids is 1. The zero-order valence-electron chi connectivity index (χ0n) is 24.3. The number of aryl methyl sites for hydroxylation is 1. The summed E-state index contributed by atoms with van der Waals surface area (Å²) in [6.07, 6.45) is 17.1. The molecule has 1 saturated carbocycles. The van der Waals surface area contributed by atoms with Gasteiger partial charge >= 0.3 is 0 Å². The number of fused-ring (bicyclic) bond motifs is 2. The monoisotopic (exact) mass is 492 g/mol. The number of benzene rings is 1. The molecule has 2 aliphatic carbocycles. The minimum atomic E-state index is 0.238. The molecule has 1 heterocycles. The summed E-state index contributed by atoms with van der Waals surface area (Å²) in [4.78, 5) is 17.9. The number of imidazole rings is 1. The van der Waals surface area contributed by atoms with Gasteiger partial charge in [-0.15, -0.1) is 0 Å². The third-order valence-electron chi connectivity index (χ3n) is 7.47. The number of Topliss-reactive ketones (excluding diaryl/α,β-unsaturated/α-hetero) is 1. The molecular weight excluding hydrogens is 440 g/mol. The van der Waals surface area contributed by atoms with Crippen molar-refractivity contribution >= 4 is 22.4 Å². The molecule has 3 heteroatoms. The van der Waals surface area contributed by atoms with Crippen LogP contribution in [0.25, 0.3) is 16.6 Å². The smallest absolute Gasteiger partial charge is 0.137 e. The van der Waals surface area contributed by atoms with Crippen molar-refractivity contribution in [3.63, 3.8) is 0 Å². The van der Waals surface area contributed by atoms with Crippen LogP contribution in [0.15, 0.2) is 42.0 Å². The van der Waals surface area contributed by atoms with Gasteiger partial charge in [0.2, 0.25) is 0 Å². The van der Waals surface area contributed by atoms with Crippen LogP contribution in [0, 0.1) is 17.8 Å². The minimum Gasteiger partial charge on any atom is -0.327 e. The third-order valence-corrected chi connectivity index (χ3v) is 7.47. The Morgan fingerprint density at radius 2 is 1.72 bits per heavy atom. The van der Waals surface area contributed by atoms with E-state index >= 15 is 0 Å². The number of rotatable bonds is 13. The molecule has 3 nitrogen and oxygen atoms in total. The standard InChI is InChI=1S/C29H40N2O.2C2H6/c1-4-6-8-9-15-28(32)22(12-7-5-2)17-16-21-18-23-20-24(23)25(19-21)29-30-26-13-10-11-14-27(26)31(29)3;2*1-2/h10-11,13-14,18-19,22-24H,4-9,12,15-17,20H2,1-3H3;2*1-2H3/t22-,23?,24?;;/m0../s1. The molecule has 0 spiro atoms. The highest BCUT2D eigenvalue weighted by atomic mass is 16.1. The molecular formula is C33H52N2O. The number of hydrogen-bond donors (Lipinski definition) is 0. The number of unbranched alkanes of at least 4 members (excludes halogenated alkanes) is 4. The zero-order valence-corrected chi connectivity index (χ0v) is 24.3. The molecule has 1 fully saturated rings. The number of aromatic nitrogens is 2. The van der Waals surface area contributed by atoms with Crippen molar-refractivity contribution < 1.29 is 4.79 Å². The van der Waals surface area contributed by atoms with Gasteiger partial charge in [-0.3, -0.25) is 4.79 Å². The lowest BCUT2D eigenvalue weighted by Gasteiger charge is -2.18. The number of para-hydroxylation sites is 2. The van der Waals surface area contributed by atoms with Gasteiger partial charge in [0.05, 0.1) is 11.0 Å². The molecule has 200 valence electrons. The predicted octanol–water partition coefficient (Wildman–Crippen LogP) is 9.71. The lowest BCUT2D eigenvalue weighted by Crippen LogP contribution is -2.15. The zero-order chi connectivity index (χ0) is 26.5. The Morgan fingerprint density at radius 3 is 2.42 bits per heavy atom. The van der Waals surface area contributed by atoms with Crippen LogP contribution >= 0.6 is 0 Å². The van der Waals surface area contributed by atoms with E-state index in [0.29, 0.717) is 17.6 Å². The Kier molecular flexibility index (Phi) is 13.2. The van der Waals surface area contributed by atoms with E-state index < -0.39 is 0 Å². The van der Waals surface area contributed by atoms with Gasteiger partial charge in [-0.2, -0.15) is 0 Å². The molecule has 0 radical (unpaired) electrons. The van der Waals surface area contributed by atoms with Crippen LogP contribution in [-0.4, -0.2) is 15.3 Å². The number of carbonyl (C=O) groups is 1. The second kappa shape index (κ2) is 15.8. The van der Waals surface area contributed by atoms with Crippen molar-refractivity contribution in [3.8, 4) is 0 Å². The molecule has 0 bridgehead atoms. The fraction of sp³-hybridized carbons (Fsp3) is 0.636. The summed E-state index contributed by atoms with van der Waals surface area (Å²) < 4.78 is 2.25. The molecule has 4 rings (SSSR count). The Hall–Kier alpha value is -2.16. The van der Waals surface area contributed by atoms with Crippen molar-refractivity contribution in [3.05, 3.63) is 47.8 Å². The first-order valence-corrected chi connectivity index (χ1v) is 15.0. The highest BCUT2D eigenvalue weighted by Crippen LogP contribution is 2.53. The SMILES string of the molecule is CC.CC.CCCCCCC(=O)[C@@H](CCCC)CCC1=CC2CC2C(c2nc3ccccc3n2C)=C1. The highest BCUT2D eigenvalue weighted by Gasteiger charge is 2.42. The average molecular weight is 493 g/mol. The van der Waals surface area contributed by atoms with Gasteiger partial charge in [-0.1, -0.05) is 104 Å². The molecule has 0 N–H and O–H groups in total. The summed E-state index contributed by atoms with van der Waals surface area (Å²) in [5.41, 5.74) is 5.10. The predicted molar refractivity (Wildman–Crippen MR) is 157 cm³/mol. The lowest BCUT2D eigenvalue weighted by atomic mass is 9.87. The molecule has 36 heavy (non-hydrogen) atoms. The fourth-order valence-electron chi connectivity index (χ4n) is 5.36. The van der Waals surface area contributed by atoms with Crippen molar-refractivity contribution in [1.29, 1.82) is 0 Å². The Labute approximate surface area is 221 Å². The second-order valence-corrected chi connectivity index (χ2v) is 9.99. The van der Waals surface area contributed by atoms with Crippen molar-refractivity contribution in [2.75, 3.05) is 0 Å². The lowest BCUT2D eigenvalue weighted by molar-refractivity contribution is -0.123. The van der Waals surface area contributed by atoms with E-state index in [4.69, 9.17) is 4.98 Å². The molecule has 2 aromatic rings.